The molecule has 0 atom stereocenters. The van der Waals surface area contributed by atoms with Crippen LogP contribution in [0.25, 0.3) is 0 Å². The molecule has 2 aromatic rings. The quantitative estimate of drug-likeness (QED) is 0.864. The lowest BCUT2D eigenvalue weighted by Gasteiger charge is -2.20. The number of nitrogens with zero attached hydrogens (tertiary/aromatic N) is 1. The van der Waals surface area contributed by atoms with E-state index in [0.717, 1.165) is 11.6 Å². The van der Waals surface area contributed by atoms with Crippen molar-refractivity contribution in [2.24, 2.45) is 0 Å². The van der Waals surface area contributed by atoms with Gasteiger partial charge in [-0.25, -0.2) is 13.4 Å². The summed E-state index contributed by atoms with van der Waals surface area (Å²) in [6, 6.07) is 11.3. The monoisotopic (exact) mass is 352 g/mol. The molecule has 9 heteroatoms. The van der Waals surface area contributed by atoms with E-state index >= 15 is 0 Å². The summed E-state index contributed by atoms with van der Waals surface area (Å²) in [7, 11) is -4.23. The normalized spacial score (nSPS) is 16.0. The number of carbonyl (C=O) groups is 1. The number of ether oxygens (including phenoxy) is 1. The van der Waals surface area contributed by atoms with Crippen molar-refractivity contribution < 1.29 is 27.4 Å². The van der Waals surface area contributed by atoms with Crippen molar-refractivity contribution in [2.75, 3.05) is 10.8 Å². The average molecular weight is 352 g/mol. The van der Waals surface area contributed by atoms with Crippen LogP contribution in [0.5, 0.6) is 11.5 Å². The van der Waals surface area contributed by atoms with Gasteiger partial charge in [-0.1, -0.05) is 30.3 Å². The number of halogens is 1. The molecule has 1 amide bonds. The topological polar surface area (TPSA) is 95.9 Å². The minimum Gasteiger partial charge on any atom is -0.505 e. The van der Waals surface area contributed by atoms with Gasteiger partial charge in [0.25, 0.3) is 5.91 Å². The average Bonchev–Trinajstić information content (AvgIpc) is 2.82. The molecule has 2 aromatic carbocycles. The van der Waals surface area contributed by atoms with Gasteiger partial charge in [0.15, 0.2) is 11.6 Å². The zero-order chi connectivity index (χ0) is 17.3. The van der Waals surface area contributed by atoms with Gasteiger partial charge in [0.2, 0.25) is 0 Å². The Morgan fingerprint density at radius 2 is 1.92 bits per heavy atom. The van der Waals surface area contributed by atoms with Crippen molar-refractivity contribution in [3.8, 4) is 11.5 Å². The van der Waals surface area contributed by atoms with Crippen molar-refractivity contribution in [1.29, 1.82) is 0 Å². The van der Waals surface area contributed by atoms with Crippen LogP contribution < -0.4 is 13.8 Å². The summed E-state index contributed by atoms with van der Waals surface area (Å²) in [5.74, 6) is -2.83. The zero-order valence-electron chi connectivity index (χ0n) is 12.3. The van der Waals surface area contributed by atoms with Gasteiger partial charge < -0.3 is 9.84 Å². The third-order valence-electron chi connectivity index (χ3n) is 3.37. The molecule has 1 heterocycles. The van der Waals surface area contributed by atoms with E-state index in [4.69, 9.17) is 4.74 Å². The number of phenols is 1. The molecule has 0 bridgehead atoms. The molecule has 3 rings (SSSR count). The molecule has 1 aliphatic rings. The molecule has 0 aromatic heterocycles. The number of aromatic hydroxyl groups is 1. The first kappa shape index (κ1) is 16.1. The van der Waals surface area contributed by atoms with Crippen LogP contribution in [0.4, 0.5) is 10.1 Å². The SMILES string of the molecule is O=C1CN(c2c(OCc3ccccc3)ccc(O)c2F)S(=O)(=O)N1. The Morgan fingerprint density at radius 3 is 2.54 bits per heavy atom. The molecule has 126 valence electrons. The Morgan fingerprint density at radius 1 is 1.21 bits per heavy atom. The Balaban J connectivity index is 1.98. The molecule has 7 nitrogen and oxygen atoms in total. The number of hydrogen-bond donors (Lipinski definition) is 2. The number of benzene rings is 2. The highest BCUT2D eigenvalue weighted by Crippen LogP contribution is 2.38. The molecule has 2 N–H and O–H groups in total. The fraction of sp³-hybridized carbons (Fsp3) is 0.133. The molecule has 1 fully saturated rings. The van der Waals surface area contributed by atoms with Gasteiger partial charge in [-0.05, 0) is 17.7 Å². The number of hydrogen-bond acceptors (Lipinski definition) is 5. The molecule has 1 aliphatic heterocycles. The standard InChI is InChI=1S/C15H13FN2O5S/c16-14-11(19)6-7-12(23-9-10-4-2-1-3-5-10)15(14)18-8-13(20)17-24(18,21)22/h1-7,19H,8-9H2,(H,17,20). The smallest absolute Gasteiger partial charge is 0.326 e. The predicted octanol–water partition coefficient (Wildman–Crippen LogP) is 1.29. The molecule has 0 radical (unpaired) electrons. The van der Waals surface area contributed by atoms with Crippen molar-refractivity contribution >= 4 is 21.8 Å². The molecule has 24 heavy (non-hydrogen) atoms. The van der Waals surface area contributed by atoms with E-state index in [1.807, 2.05) is 6.07 Å². The van der Waals surface area contributed by atoms with Gasteiger partial charge in [-0.15, -0.1) is 0 Å². The second kappa shape index (κ2) is 6.00. The number of rotatable bonds is 4. The number of carbonyl (C=O) groups excluding carboxylic acids is 1. The minimum absolute atomic E-state index is 0.0628. The Hall–Kier alpha value is -2.81. The van der Waals surface area contributed by atoms with E-state index in [2.05, 4.69) is 0 Å². The molecular weight excluding hydrogens is 339 g/mol. The van der Waals surface area contributed by atoms with Crippen molar-refractivity contribution in [2.45, 2.75) is 6.61 Å². The van der Waals surface area contributed by atoms with Crippen LogP contribution in [0.3, 0.4) is 0 Å². The predicted molar refractivity (Wildman–Crippen MR) is 83.2 cm³/mol. The molecule has 1 saturated heterocycles. The summed E-state index contributed by atoms with van der Waals surface area (Å²) in [5, 5.41) is 9.55. The third-order valence-corrected chi connectivity index (χ3v) is 4.74. The second-order valence-electron chi connectivity index (χ2n) is 5.06. The molecule has 0 aliphatic carbocycles. The van der Waals surface area contributed by atoms with E-state index in [0.29, 0.717) is 4.31 Å². The van der Waals surface area contributed by atoms with E-state index in [-0.39, 0.29) is 12.4 Å². The van der Waals surface area contributed by atoms with Gasteiger partial charge in [-0.3, -0.25) is 4.79 Å². The first-order valence-electron chi connectivity index (χ1n) is 6.90. The van der Waals surface area contributed by atoms with Crippen molar-refractivity contribution in [1.82, 2.24) is 4.72 Å². The lowest BCUT2D eigenvalue weighted by Crippen LogP contribution is -2.30. The fourth-order valence-corrected chi connectivity index (χ4v) is 3.43. The summed E-state index contributed by atoms with van der Waals surface area (Å²) >= 11 is 0. The second-order valence-corrected chi connectivity index (χ2v) is 6.65. The van der Waals surface area contributed by atoms with Crippen LogP contribution in [-0.4, -0.2) is 26.0 Å². The highest BCUT2D eigenvalue weighted by atomic mass is 32.2. The minimum atomic E-state index is -4.23. The van der Waals surface area contributed by atoms with Crippen LogP contribution in [0.1, 0.15) is 5.56 Å². The molecule has 0 saturated carbocycles. The largest absolute Gasteiger partial charge is 0.505 e. The van der Waals surface area contributed by atoms with Crippen molar-refractivity contribution in [3.05, 3.63) is 53.8 Å². The summed E-state index contributed by atoms with van der Waals surface area (Å²) < 4.78 is 46.0. The maximum absolute atomic E-state index is 14.3. The maximum Gasteiger partial charge on any atom is 0.326 e. The molecule has 0 unspecified atom stereocenters. The van der Waals surface area contributed by atoms with Gasteiger partial charge in [0.1, 0.15) is 24.6 Å². The van der Waals surface area contributed by atoms with E-state index in [9.17, 15) is 22.7 Å². The van der Waals surface area contributed by atoms with Crippen LogP contribution >= 0.6 is 0 Å². The van der Waals surface area contributed by atoms with Crippen LogP contribution in [-0.2, 0) is 21.6 Å². The third kappa shape index (κ3) is 2.98. The first-order valence-corrected chi connectivity index (χ1v) is 8.34. The molecule has 0 spiro atoms. The van der Waals surface area contributed by atoms with E-state index in [1.165, 1.54) is 6.07 Å². The number of amides is 1. The summed E-state index contributed by atoms with van der Waals surface area (Å²) in [5.41, 5.74) is 0.277. The fourth-order valence-electron chi connectivity index (χ4n) is 2.27. The maximum atomic E-state index is 14.3. The Kier molecular flexibility index (Phi) is 4.02. The highest BCUT2D eigenvalue weighted by molar-refractivity contribution is 7.92. The lowest BCUT2D eigenvalue weighted by atomic mass is 10.2. The highest BCUT2D eigenvalue weighted by Gasteiger charge is 2.38. The summed E-state index contributed by atoms with van der Waals surface area (Å²) in [6.45, 7) is -0.530. The summed E-state index contributed by atoms with van der Waals surface area (Å²) in [6.07, 6.45) is 0. The van der Waals surface area contributed by atoms with Gasteiger partial charge in [-0.2, -0.15) is 8.42 Å². The van der Waals surface area contributed by atoms with Crippen LogP contribution in [0.2, 0.25) is 0 Å². The summed E-state index contributed by atoms with van der Waals surface area (Å²) in [4.78, 5) is 11.4. The Labute approximate surface area is 137 Å². The lowest BCUT2D eigenvalue weighted by molar-refractivity contribution is -0.117. The first-order chi connectivity index (χ1) is 11.4. The zero-order valence-corrected chi connectivity index (χ0v) is 13.1. The van der Waals surface area contributed by atoms with E-state index in [1.54, 1.807) is 29.0 Å². The van der Waals surface area contributed by atoms with Gasteiger partial charge in [0, 0.05) is 0 Å². The number of anilines is 1. The Bertz CT molecular complexity index is 886. The molecular formula is C15H13FN2O5S. The van der Waals surface area contributed by atoms with Gasteiger partial charge >= 0.3 is 10.2 Å². The van der Waals surface area contributed by atoms with Crippen LogP contribution in [0, 0.1) is 5.82 Å². The number of nitrogens with one attached hydrogen (secondary N) is 1. The van der Waals surface area contributed by atoms with Gasteiger partial charge in [0.05, 0.1) is 0 Å². The van der Waals surface area contributed by atoms with E-state index < -0.39 is 39.9 Å². The van der Waals surface area contributed by atoms with Crippen molar-refractivity contribution in [3.63, 3.8) is 0 Å². The number of phenolic OH excluding ortho intramolecular Hbond substituents is 1. The van der Waals surface area contributed by atoms with Crippen LogP contribution in [0.15, 0.2) is 42.5 Å².